The van der Waals surface area contributed by atoms with E-state index in [9.17, 15) is 0 Å². The van der Waals surface area contributed by atoms with Crippen molar-refractivity contribution in [3.8, 4) is 11.5 Å². The summed E-state index contributed by atoms with van der Waals surface area (Å²) in [7, 11) is 0. The van der Waals surface area contributed by atoms with Gasteiger partial charge in [-0.25, -0.2) is 0 Å². The second-order valence-corrected chi connectivity index (χ2v) is 7.25. The van der Waals surface area contributed by atoms with Crippen LogP contribution in [0.5, 0.6) is 0 Å². The molecule has 0 aliphatic carbocycles. The largest absolute Gasteiger partial charge is 0.458 e. The zero-order chi connectivity index (χ0) is 14.8. The maximum atomic E-state index is 6.07. The lowest BCUT2D eigenvalue weighted by Gasteiger charge is -2.38. The molecule has 2 saturated heterocycles. The molecular weight excluding hydrogens is 298 g/mol. The SMILES string of the molecule is c1cc(-c2ccc(CN[C@@H]3CCO[C@@]4(CCSC4)C3)o2)[nH]n1. The van der Waals surface area contributed by atoms with Gasteiger partial charge in [-0.05, 0) is 43.2 Å². The zero-order valence-electron chi connectivity index (χ0n) is 12.5. The Morgan fingerprint density at radius 3 is 3.23 bits per heavy atom. The Balaban J connectivity index is 1.34. The second kappa shape index (κ2) is 6.10. The van der Waals surface area contributed by atoms with Gasteiger partial charge in [-0.3, -0.25) is 5.10 Å². The summed E-state index contributed by atoms with van der Waals surface area (Å²) in [6.45, 7) is 1.64. The fourth-order valence-electron chi connectivity index (χ4n) is 3.32. The smallest absolute Gasteiger partial charge is 0.152 e. The average Bonchev–Trinajstić information content (AvgIpc) is 3.27. The number of hydrogen-bond donors (Lipinski definition) is 2. The highest BCUT2D eigenvalue weighted by atomic mass is 32.2. The molecule has 2 N–H and O–H groups in total. The third-order valence-electron chi connectivity index (χ3n) is 4.55. The van der Waals surface area contributed by atoms with E-state index in [2.05, 4.69) is 15.5 Å². The van der Waals surface area contributed by atoms with Crippen LogP contribution in [0.2, 0.25) is 0 Å². The molecule has 118 valence electrons. The molecule has 2 aromatic heterocycles. The van der Waals surface area contributed by atoms with Crippen LogP contribution in [0.4, 0.5) is 0 Å². The summed E-state index contributed by atoms with van der Waals surface area (Å²) in [4.78, 5) is 0. The molecule has 2 atom stereocenters. The van der Waals surface area contributed by atoms with Crippen LogP contribution >= 0.6 is 11.8 Å². The summed E-state index contributed by atoms with van der Waals surface area (Å²) >= 11 is 2.02. The number of aromatic amines is 1. The van der Waals surface area contributed by atoms with Crippen LogP contribution in [-0.2, 0) is 11.3 Å². The van der Waals surface area contributed by atoms with Gasteiger partial charge < -0.3 is 14.5 Å². The molecule has 1 spiro atoms. The average molecular weight is 319 g/mol. The van der Waals surface area contributed by atoms with E-state index in [1.165, 1.54) is 12.2 Å². The maximum absolute atomic E-state index is 6.07. The van der Waals surface area contributed by atoms with E-state index in [1.54, 1.807) is 6.20 Å². The number of H-pyrrole nitrogens is 1. The van der Waals surface area contributed by atoms with Crippen LogP contribution in [0.25, 0.3) is 11.5 Å². The number of thioether (sulfide) groups is 1. The lowest BCUT2D eigenvalue weighted by molar-refractivity contribution is -0.0704. The van der Waals surface area contributed by atoms with Crippen molar-refractivity contribution in [3.05, 3.63) is 30.2 Å². The highest BCUT2D eigenvalue weighted by Gasteiger charge is 2.40. The highest BCUT2D eigenvalue weighted by Crippen LogP contribution is 2.38. The molecule has 0 aromatic carbocycles. The van der Waals surface area contributed by atoms with Gasteiger partial charge in [0.15, 0.2) is 5.76 Å². The van der Waals surface area contributed by atoms with Crippen molar-refractivity contribution in [2.24, 2.45) is 0 Å². The third-order valence-corrected chi connectivity index (χ3v) is 5.78. The number of rotatable bonds is 4. The number of nitrogens with zero attached hydrogens (tertiary/aromatic N) is 1. The summed E-state index contributed by atoms with van der Waals surface area (Å²) in [5.41, 5.74) is 1.05. The molecule has 2 fully saturated rings. The number of furan rings is 1. The molecule has 2 aliphatic heterocycles. The standard InChI is InChI=1S/C16H21N3O2S/c1-2-15(14-3-6-18-19-14)21-13(1)10-17-12-4-7-20-16(9-12)5-8-22-11-16/h1-3,6,12,17H,4-5,7-11H2,(H,18,19)/t12-,16+/m1/s1. The predicted octanol–water partition coefficient (Wildman–Crippen LogP) is 2.81. The summed E-state index contributed by atoms with van der Waals surface area (Å²) in [6.07, 6.45) is 5.13. The molecule has 0 unspecified atom stereocenters. The van der Waals surface area contributed by atoms with Crippen molar-refractivity contribution >= 4 is 11.8 Å². The van der Waals surface area contributed by atoms with E-state index >= 15 is 0 Å². The third kappa shape index (κ3) is 2.95. The van der Waals surface area contributed by atoms with Crippen molar-refractivity contribution in [3.63, 3.8) is 0 Å². The Hall–Kier alpha value is -1.24. The Labute approximate surface area is 134 Å². The van der Waals surface area contributed by atoms with E-state index in [4.69, 9.17) is 9.15 Å². The lowest BCUT2D eigenvalue weighted by Crippen LogP contribution is -2.47. The molecule has 4 heterocycles. The molecule has 6 heteroatoms. The molecule has 22 heavy (non-hydrogen) atoms. The molecular formula is C16H21N3O2S. The number of aromatic nitrogens is 2. The highest BCUT2D eigenvalue weighted by molar-refractivity contribution is 7.99. The van der Waals surface area contributed by atoms with E-state index in [0.717, 1.165) is 49.0 Å². The van der Waals surface area contributed by atoms with E-state index in [1.807, 2.05) is 30.0 Å². The van der Waals surface area contributed by atoms with Crippen molar-refractivity contribution in [1.82, 2.24) is 15.5 Å². The van der Waals surface area contributed by atoms with Crippen LogP contribution in [0, 0.1) is 0 Å². The molecule has 5 nitrogen and oxygen atoms in total. The summed E-state index contributed by atoms with van der Waals surface area (Å²) in [5, 5.41) is 10.5. The molecule has 2 aromatic rings. The van der Waals surface area contributed by atoms with Crippen LogP contribution in [0.1, 0.15) is 25.0 Å². The number of nitrogens with one attached hydrogen (secondary N) is 2. The lowest BCUT2D eigenvalue weighted by atomic mass is 9.90. The van der Waals surface area contributed by atoms with E-state index in [0.29, 0.717) is 6.04 Å². The Morgan fingerprint density at radius 2 is 2.41 bits per heavy atom. The first-order valence-corrected chi connectivity index (χ1v) is 9.02. The quantitative estimate of drug-likeness (QED) is 0.907. The van der Waals surface area contributed by atoms with Crippen molar-refractivity contribution in [2.75, 3.05) is 18.1 Å². The zero-order valence-corrected chi connectivity index (χ0v) is 13.3. The predicted molar refractivity (Wildman–Crippen MR) is 86.8 cm³/mol. The molecule has 4 rings (SSSR count). The minimum atomic E-state index is 0.130. The van der Waals surface area contributed by atoms with Crippen molar-refractivity contribution in [2.45, 2.75) is 37.5 Å². The topological polar surface area (TPSA) is 63.1 Å². The maximum Gasteiger partial charge on any atom is 0.152 e. The minimum absolute atomic E-state index is 0.130. The first-order valence-electron chi connectivity index (χ1n) is 7.87. The van der Waals surface area contributed by atoms with Crippen LogP contribution < -0.4 is 5.32 Å². The first kappa shape index (κ1) is 14.4. The molecule has 0 saturated carbocycles. The Bertz CT molecular complexity index is 605. The fraction of sp³-hybridized carbons (Fsp3) is 0.562. The fourth-order valence-corrected chi connectivity index (χ4v) is 4.70. The van der Waals surface area contributed by atoms with Gasteiger partial charge in [-0.15, -0.1) is 0 Å². The minimum Gasteiger partial charge on any atom is -0.458 e. The molecule has 2 aliphatic rings. The van der Waals surface area contributed by atoms with Gasteiger partial charge in [-0.2, -0.15) is 16.9 Å². The Kier molecular flexibility index (Phi) is 3.98. The van der Waals surface area contributed by atoms with Gasteiger partial charge in [0.05, 0.1) is 12.1 Å². The van der Waals surface area contributed by atoms with Crippen molar-refractivity contribution in [1.29, 1.82) is 0 Å². The van der Waals surface area contributed by atoms with Gasteiger partial charge in [0, 0.05) is 24.6 Å². The number of hydrogen-bond acceptors (Lipinski definition) is 5. The Morgan fingerprint density at radius 1 is 1.41 bits per heavy atom. The summed E-state index contributed by atoms with van der Waals surface area (Å²) in [5.74, 6) is 4.19. The van der Waals surface area contributed by atoms with E-state index < -0.39 is 0 Å². The van der Waals surface area contributed by atoms with Crippen LogP contribution in [0.15, 0.2) is 28.8 Å². The molecule has 0 amide bonds. The van der Waals surface area contributed by atoms with Crippen molar-refractivity contribution < 1.29 is 9.15 Å². The first-order chi connectivity index (χ1) is 10.8. The van der Waals surface area contributed by atoms with Gasteiger partial charge in [-0.1, -0.05) is 0 Å². The van der Waals surface area contributed by atoms with Gasteiger partial charge in [0.1, 0.15) is 11.5 Å². The second-order valence-electron chi connectivity index (χ2n) is 6.14. The molecule has 0 radical (unpaired) electrons. The monoisotopic (exact) mass is 319 g/mol. The van der Waals surface area contributed by atoms with Gasteiger partial charge in [0.2, 0.25) is 0 Å². The van der Waals surface area contributed by atoms with E-state index in [-0.39, 0.29) is 5.60 Å². The molecule has 0 bridgehead atoms. The summed E-state index contributed by atoms with van der Waals surface area (Å²) in [6, 6.07) is 6.46. The van der Waals surface area contributed by atoms with Crippen LogP contribution in [-0.4, -0.2) is 40.0 Å². The normalized spacial score (nSPS) is 28.5. The van der Waals surface area contributed by atoms with Gasteiger partial charge >= 0.3 is 0 Å². The summed E-state index contributed by atoms with van der Waals surface area (Å²) < 4.78 is 11.9. The number of ether oxygens (including phenoxy) is 1. The van der Waals surface area contributed by atoms with Gasteiger partial charge in [0.25, 0.3) is 0 Å². The van der Waals surface area contributed by atoms with Crippen LogP contribution in [0.3, 0.4) is 0 Å².